The maximum atomic E-state index is 14.4. The number of piperazine rings is 1. The molecule has 0 atom stereocenters. The summed E-state index contributed by atoms with van der Waals surface area (Å²) in [6, 6.07) is 5.49. The lowest BCUT2D eigenvalue weighted by Crippen LogP contribution is -2.52. The summed E-state index contributed by atoms with van der Waals surface area (Å²) in [7, 11) is 0. The molecule has 4 rings (SSSR count). The third-order valence-corrected chi connectivity index (χ3v) is 6.11. The maximum absolute atomic E-state index is 14.4. The molecule has 0 unspecified atom stereocenters. The van der Waals surface area contributed by atoms with E-state index in [2.05, 4.69) is 9.88 Å². The second kappa shape index (κ2) is 8.82. The number of halogens is 1. The highest BCUT2D eigenvalue weighted by Crippen LogP contribution is 2.29. The van der Waals surface area contributed by atoms with E-state index in [1.54, 1.807) is 29.4 Å². The van der Waals surface area contributed by atoms with E-state index < -0.39 is 6.09 Å². The van der Waals surface area contributed by atoms with Gasteiger partial charge in [-0.3, -0.25) is 4.90 Å². The minimum absolute atomic E-state index is 0.292. The monoisotopic (exact) mass is 402 g/mol. The van der Waals surface area contributed by atoms with E-state index >= 15 is 0 Å². The number of hydrogen-bond donors (Lipinski definition) is 1. The van der Waals surface area contributed by atoms with Gasteiger partial charge in [0.25, 0.3) is 0 Å². The van der Waals surface area contributed by atoms with Crippen LogP contribution in [0.1, 0.15) is 25.7 Å². The van der Waals surface area contributed by atoms with Gasteiger partial charge in [-0.2, -0.15) is 0 Å². The molecule has 1 saturated carbocycles. The molecule has 156 valence electrons. The molecule has 1 saturated heterocycles. The van der Waals surface area contributed by atoms with E-state index in [-0.39, 0.29) is 5.82 Å². The largest absolute Gasteiger partial charge is 0.490 e. The summed E-state index contributed by atoms with van der Waals surface area (Å²) in [5.41, 5.74) is 0.718. The van der Waals surface area contributed by atoms with Crippen molar-refractivity contribution in [2.45, 2.75) is 31.7 Å². The maximum Gasteiger partial charge on any atom is 0.407 e. The fourth-order valence-electron chi connectivity index (χ4n) is 4.34. The number of ether oxygens (including phenoxy) is 1. The van der Waals surface area contributed by atoms with E-state index in [1.165, 1.54) is 11.0 Å². The van der Waals surface area contributed by atoms with Crippen LogP contribution < -0.4 is 4.74 Å². The number of hydrogen-bond acceptors (Lipinski definition) is 4. The molecule has 1 aromatic heterocycles. The summed E-state index contributed by atoms with van der Waals surface area (Å²) in [4.78, 5) is 18.9. The van der Waals surface area contributed by atoms with Gasteiger partial charge in [0.15, 0.2) is 11.6 Å². The van der Waals surface area contributed by atoms with E-state index in [0.29, 0.717) is 37.4 Å². The van der Waals surface area contributed by atoms with Crippen LogP contribution in [-0.2, 0) is 0 Å². The van der Waals surface area contributed by atoms with Gasteiger partial charge in [0.1, 0.15) is 0 Å². The normalized spacial score (nSPS) is 23.1. The first-order valence-corrected chi connectivity index (χ1v) is 10.2. The van der Waals surface area contributed by atoms with Crippen LogP contribution in [0.15, 0.2) is 36.9 Å². The van der Waals surface area contributed by atoms with Crippen molar-refractivity contribution >= 4 is 6.09 Å². The molecule has 0 spiro atoms. The van der Waals surface area contributed by atoms with Crippen molar-refractivity contribution in [3.05, 3.63) is 42.7 Å². The number of amides is 1. The van der Waals surface area contributed by atoms with Crippen LogP contribution in [0, 0.1) is 11.7 Å². The van der Waals surface area contributed by atoms with Crippen molar-refractivity contribution in [3.63, 3.8) is 0 Å². The van der Waals surface area contributed by atoms with Gasteiger partial charge < -0.3 is 19.3 Å². The Balaban J connectivity index is 1.23. The highest BCUT2D eigenvalue weighted by Gasteiger charge is 2.29. The Bertz CT molecular complexity index is 813. The van der Waals surface area contributed by atoms with Crippen molar-refractivity contribution in [1.82, 2.24) is 19.4 Å². The van der Waals surface area contributed by atoms with Crippen molar-refractivity contribution in [1.29, 1.82) is 0 Å². The van der Waals surface area contributed by atoms with Crippen LogP contribution in [0.2, 0.25) is 0 Å². The van der Waals surface area contributed by atoms with Crippen molar-refractivity contribution in [2.75, 3.05) is 32.8 Å². The first kappa shape index (κ1) is 19.7. The quantitative estimate of drug-likeness (QED) is 0.831. The highest BCUT2D eigenvalue weighted by atomic mass is 19.1. The van der Waals surface area contributed by atoms with Gasteiger partial charge in [0.2, 0.25) is 0 Å². The number of rotatable bonds is 5. The fraction of sp³-hybridized carbons (Fsp3) is 0.524. The van der Waals surface area contributed by atoms with Crippen LogP contribution >= 0.6 is 0 Å². The SMILES string of the molecule is O=C(O)N1CCN(C2CCC(COc3ccc(-n4ccnc4)cc3F)CC2)CC1. The third kappa shape index (κ3) is 4.70. The van der Waals surface area contributed by atoms with Crippen molar-refractivity contribution < 1.29 is 19.0 Å². The zero-order valence-corrected chi connectivity index (χ0v) is 16.4. The molecule has 1 aromatic carbocycles. The Hall–Kier alpha value is -2.61. The van der Waals surface area contributed by atoms with Gasteiger partial charge in [-0.25, -0.2) is 14.2 Å². The molecule has 8 heteroatoms. The van der Waals surface area contributed by atoms with Crippen LogP contribution in [0.5, 0.6) is 5.75 Å². The molecule has 7 nitrogen and oxygen atoms in total. The van der Waals surface area contributed by atoms with E-state index in [1.807, 2.05) is 6.07 Å². The Kier molecular flexibility index (Phi) is 5.99. The van der Waals surface area contributed by atoms with Gasteiger partial charge in [-0.1, -0.05) is 0 Å². The van der Waals surface area contributed by atoms with Gasteiger partial charge in [-0.05, 0) is 43.7 Å². The number of aromatic nitrogens is 2. The standard InChI is InChI=1S/C21H27FN4O3/c22-19-13-18(26-8-7-23-15-26)5-6-20(19)29-14-16-1-3-17(4-2-16)24-9-11-25(12-10-24)21(27)28/h5-8,13,15-17H,1-4,9-12,14H2,(H,27,28). The summed E-state index contributed by atoms with van der Waals surface area (Å²) in [6.45, 7) is 3.33. The first-order valence-electron chi connectivity index (χ1n) is 10.2. The molecule has 0 bridgehead atoms. The summed E-state index contributed by atoms with van der Waals surface area (Å²) in [5.74, 6) is 0.362. The zero-order chi connectivity index (χ0) is 20.2. The molecule has 2 aromatic rings. The summed E-state index contributed by atoms with van der Waals surface area (Å²) in [6.07, 6.45) is 8.52. The Labute approximate surface area is 169 Å². The van der Waals surface area contributed by atoms with Crippen LogP contribution in [-0.4, -0.2) is 69.4 Å². The molecular weight excluding hydrogens is 375 g/mol. The number of benzene rings is 1. The van der Waals surface area contributed by atoms with Crippen LogP contribution in [0.4, 0.5) is 9.18 Å². The van der Waals surface area contributed by atoms with Gasteiger partial charge >= 0.3 is 6.09 Å². The molecule has 2 fully saturated rings. The fourth-order valence-corrected chi connectivity index (χ4v) is 4.34. The molecule has 29 heavy (non-hydrogen) atoms. The molecule has 1 aliphatic carbocycles. The number of imidazole rings is 1. The second-order valence-corrected chi connectivity index (χ2v) is 7.88. The number of carbonyl (C=O) groups is 1. The Morgan fingerprint density at radius 1 is 1.17 bits per heavy atom. The summed E-state index contributed by atoms with van der Waals surface area (Å²) >= 11 is 0. The van der Waals surface area contributed by atoms with Gasteiger partial charge in [-0.15, -0.1) is 0 Å². The van der Waals surface area contributed by atoms with E-state index in [4.69, 9.17) is 9.84 Å². The molecule has 2 aliphatic rings. The van der Waals surface area contributed by atoms with Crippen LogP contribution in [0.25, 0.3) is 5.69 Å². The molecule has 1 aliphatic heterocycles. The molecular formula is C21H27FN4O3. The molecule has 1 N–H and O–H groups in total. The summed E-state index contributed by atoms with van der Waals surface area (Å²) in [5, 5.41) is 9.07. The zero-order valence-electron chi connectivity index (χ0n) is 16.4. The molecule has 2 heterocycles. The molecule has 1 amide bonds. The van der Waals surface area contributed by atoms with Gasteiger partial charge in [0, 0.05) is 56.4 Å². The predicted molar refractivity (Wildman–Crippen MR) is 106 cm³/mol. The Morgan fingerprint density at radius 2 is 1.93 bits per heavy atom. The number of carboxylic acid groups (broad SMARTS) is 1. The van der Waals surface area contributed by atoms with Gasteiger partial charge in [0.05, 0.1) is 12.9 Å². The molecule has 0 radical (unpaired) electrons. The van der Waals surface area contributed by atoms with Crippen molar-refractivity contribution in [3.8, 4) is 11.4 Å². The minimum atomic E-state index is -0.823. The topological polar surface area (TPSA) is 70.8 Å². The lowest BCUT2D eigenvalue weighted by Gasteiger charge is -2.41. The average Bonchev–Trinajstić information content (AvgIpc) is 3.28. The Morgan fingerprint density at radius 3 is 2.55 bits per heavy atom. The average molecular weight is 402 g/mol. The minimum Gasteiger partial charge on any atom is -0.490 e. The van der Waals surface area contributed by atoms with E-state index in [0.717, 1.165) is 44.5 Å². The van der Waals surface area contributed by atoms with Crippen LogP contribution in [0.3, 0.4) is 0 Å². The second-order valence-electron chi connectivity index (χ2n) is 7.88. The number of nitrogens with zero attached hydrogens (tertiary/aromatic N) is 4. The summed E-state index contributed by atoms with van der Waals surface area (Å²) < 4.78 is 21.9. The van der Waals surface area contributed by atoms with Crippen molar-refractivity contribution in [2.24, 2.45) is 5.92 Å². The predicted octanol–water partition coefficient (Wildman–Crippen LogP) is 3.24. The lowest BCUT2D eigenvalue weighted by molar-refractivity contribution is 0.0616. The smallest absolute Gasteiger partial charge is 0.407 e. The van der Waals surface area contributed by atoms with E-state index in [9.17, 15) is 9.18 Å². The third-order valence-electron chi connectivity index (χ3n) is 6.11. The first-order chi connectivity index (χ1) is 14.1. The lowest BCUT2D eigenvalue weighted by atomic mass is 9.85. The highest BCUT2D eigenvalue weighted by molar-refractivity contribution is 5.65.